The number of rotatable bonds is 3. The van der Waals surface area contributed by atoms with Gasteiger partial charge in [0.15, 0.2) is 0 Å². The van der Waals surface area contributed by atoms with E-state index >= 15 is 0 Å². The maximum absolute atomic E-state index is 2.47. The molecule has 0 fully saturated rings. The zero-order valence-electron chi connectivity index (χ0n) is 36.8. The van der Waals surface area contributed by atoms with Crippen molar-refractivity contribution in [2.24, 2.45) is 0 Å². The average molecular weight is 838 g/mol. The Hall–Kier alpha value is -8.26. The molecule has 12 aromatic rings. The van der Waals surface area contributed by atoms with E-state index in [1.54, 1.807) is 0 Å². The van der Waals surface area contributed by atoms with Gasteiger partial charge >= 0.3 is 0 Å². The number of hydrogen-bond acceptors (Lipinski definition) is 0. The summed E-state index contributed by atoms with van der Waals surface area (Å²) in [5, 5.41) is 7.58. The molecule has 2 aliphatic rings. The Kier molecular flexibility index (Phi) is 7.81. The quantitative estimate of drug-likeness (QED) is 0.156. The molecule has 0 bridgehead atoms. The first-order chi connectivity index (χ1) is 32.5. The molecular weight excluding hydrogens is 795 g/mol. The van der Waals surface area contributed by atoms with E-state index in [1.165, 1.54) is 132 Å². The molecule has 0 unspecified atom stereocenters. The van der Waals surface area contributed by atoms with Crippen LogP contribution in [0.4, 0.5) is 0 Å². The van der Waals surface area contributed by atoms with E-state index in [4.69, 9.17) is 0 Å². The lowest BCUT2D eigenvalue weighted by atomic mass is 9.79. The van der Waals surface area contributed by atoms with Gasteiger partial charge in [-0.2, -0.15) is 0 Å². The SMILES string of the molecule is CC1(C)c2ccccc2-c2cc3c(cc21)c1ccccc1n3-c1ccc(-c2c3ccccc3c(-c3ccc4c(c3)-c3ccccc3-c3ccccc3-c3ccccc3-4)c3ccccc23)cc1. The summed E-state index contributed by atoms with van der Waals surface area (Å²) in [6, 6.07) is 84.1. The van der Waals surface area contributed by atoms with Crippen LogP contribution in [-0.4, -0.2) is 4.57 Å². The molecule has 0 amide bonds. The molecule has 66 heavy (non-hydrogen) atoms. The highest BCUT2D eigenvalue weighted by atomic mass is 15.0. The summed E-state index contributed by atoms with van der Waals surface area (Å²) in [4.78, 5) is 0. The highest BCUT2D eigenvalue weighted by Crippen LogP contribution is 2.53. The van der Waals surface area contributed by atoms with Gasteiger partial charge in [-0.1, -0.05) is 202 Å². The largest absolute Gasteiger partial charge is 0.309 e. The van der Waals surface area contributed by atoms with Gasteiger partial charge in [-0.05, 0) is 147 Å². The molecule has 2 aliphatic carbocycles. The fourth-order valence-corrected chi connectivity index (χ4v) is 12.0. The minimum absolute atomic E-state index is 0.0602. The molecule has 0 spiro atoms. The van der Waals surface area contributed by atoms with E-state index in [9.17, 15) is 0 Å². The normalized spacial score (nSPS) is 13.1. The minimum atomic E-state index is -0.0602. The van der Waals surface area contributed by atoms with Crippen LogP contribution in [0.5, 0.6) is 0 Å². The van der Waals surface area contributed by atoms with E-state index in [0.29, 0.717) is 0 Å². The highest BCUT2D eigenvalue weighted by molar-refractivity contribution is 6.22. The lowest BCUT2D eigenvalue weighted by Gasteiger charge is -2.24. The van der Waals surface area contributed by atoms with Gasteiger partial charge in [0.05, 0.1) is 11.0 Å². The Balaban J connectivity index is 0.954. The van der Waals surface area contributed by atoms with Gasteiger partial charge in [-0.3, -0.25) is 0 Å². The summed E-state index contributed by atoms with van der Waals surface area (Å²) < 4.78 is 2.47. The number of fused-ring (bicyclic) bond motifs is 16. The second-order valence-corrected chi connectivity index (χ2v) is 18.7. The van der Waals surface area contributed by atoms with Crippen molar-refractivity contribution < 1.29 is 0 Å². The van der Waals surface area contributed by atoms with Crippen LogP contribution in [0.15, 0.2) is 224 Å². The molecule has 0 N–H and O–H groups in total. The average Bonchev–Trinajstić information content (AvgIpc) is 3.81. The van der Waals surface area contributed by atoms with Crippen molar-refractivity contribution in [1.29, 1.82) is 0 Å². The van der Waals surface area contributed by atoms with Crippen molar-refractivity contribution in [2.75, 3.05) is 0 Å². The van der Waals surface area contributed by atoms with Crippen LogP contribution in [0.2, 0.25) is 0 Å². The van der Waals surface area contributed by atoms with Gasteiger partial charge in [0.2, 0.25) is 0 Å². The molecule has 308 valence electrons. The lowest BCUT2D eigenvalue weighted by Crippen LogP contribution is -2.14. The molecular formula is C65H43N. The first-order valence-electron chi connectivity index (χ1n) is 23.2. The summed E-state index contributed by atoms with van der Waals surface area (Å²) in [7, 11) is 0. The van der Waals surface area contributed by atoms with Crippen LogP contribution in [0.1, 0.15) is 25.0 Å². The highest BCUT2D eigenvalue weighted by Gasteiger charge is 2.36. The topological polar surface area (TPSA) is 4.93 Å². The molecule has 0 radical (unpaired) electrons. The summed E-state index contributed by atoms with van der Waals surface area (Å²) >= 11 is 0. The molecule has 1 heterocycles. The Morgan fingerprint density at radius 3 is 1.26 bits per heavy atom. The molecule has 0 saturated carbocycles. The summed E-state index contributed by atoms with van der Waals surface area (Å²) in [5.41, 5.74) is 24.1. The molecule has 14 rings (SSSR count). The van der Waals surface area contributed by atoms with Crippen LogP contribution in [-0.2, 0) is 5.41 Å². The summed E-state index contributed by atoms with van der Waals surface area (Å²) in [6.45, 7) is 4.74. The zero-order chi connectivity index (χ0) is 43.7. The molecule has 1 heteroatoms. The maximum atomic E-state index is 2.47. The first kappa shape index (κ1) is 37.1. The van der Waals surface area contributed by atoms with Gasteiger partial charge in [-0.15, -0.1) is 0 Å². The standard InChI is InChI=1S/C65H43N/c1-65(2)59-29-15-13-23-50(59)57-39-62-58(38-60(57)65)51-24-14-16-30-61(51)66(62)42-34-31-40(32-35-42)63-52-25-9-11-27-54(52)64(55-28-12-10-26-53(55)63)41-33-36-49-47-21-6-5-19-45(47)43-17-3-4-18-44(43)46-20-7-8-22-48(46)56(49)37-41/h3-39H,1-2H3. The summed E-state index contributed by atoms with van der Waals surface area (Å²) in [5.74, 6) is 0. The van der Waals surface area contributed by atoms with Gasteiger partial charge in [0, 0.05) is 21.9 Å². The van der Waals surface area contributed by atoms with Crippen LogP contribution in [0, 0.1) is 0 Å². The molecule has 0 aliphatic heterocycles. The Morgan fingerprint density at radius 2 is 0.697 bits per heavy atom. The number of aromatic nitrogens is 1. The van der Waals surface area contributed by atoms with Crippen molar-refractivity contribution in [2.45, 2.75) is 19.3 Å². The van der Waals surface area contributed by atoms with Gasteiger partial charge in [0.1, 0.15) is 0 Å². The molecule has 0 saturated heterocycles. The maximum Gasteiger partial charge on any atom is 0.0547 e. The van der Waals surface area contributed by atoms with Crippen molar-refractivity contribution in [3.05, 3.63) is 236 Å². The van der Waals surface area contributed by atoms with Crippen molar-refractivity contribution >= 4 is 43.4 Å². The predicted molar refractivity (Wildman–Crippen MR) is 280 cm³/mol. The van der Waals surface area contributed by atoms with Crippen LogP contribution in [0.3, 0.4) is 0 Å². The number of hydrogen-bond donors (Lipinski definition) is 0. The van der Waals surface area contributed by atoms with E-state index in [2.05, 4.69) is 243 Å². The Morgan fingerprint density at radius 1 is 0.273 bits per heavy atom. The molecule has 11 aromatic carbocycles. The Labute approximate surface area is 384 Å². The zero-order valence-corrected chi connectivity index (χ0v) is 36.8. The van der Waals surface area contributed by atoms with Crippen LogP contribution >= 0.6 is 0 Å². The fourth-order valence-electron chi connectivity index (χ4n) is 12.0. The molecule has 1 aromatic heterocycles. The van der Waals surface area contributed by atoms with Crippen LogP contribution < -0.4 is 0 Å². The molecule has 1 nitrogen and oxygen atoms in total. The predicted octanol–water partition coefficient (Wildman–Crippen LogP) is 17.7. The van der Waals surface area contributed by atoms with Crippen molar-refractivity contribution in [1.82, 2.24) is 4.57 Å². The third kappa shape index (κ3) is 5.17. The number of benzene rings is 11. The number of nitrogens with zero attached hydrogens (tertiary/aromatic N) is 1. The summed E-state index contributed by atoms with van der Waals surface area (Å²) in [6.07, 6.45) is 0. The Bertz CT molecular complexity index is 3950. The lowest BCUT2D eigenvalue weighted by molar-refractivity contribution is 0.661. The van der Waals surface area contributed by atoms with E-state index in [-0.39, 0.29) is 5.41 Å². The first-order valence-corrected chi connectivity index (χ1v) is 23.2. The second kappa shape index (κ2) is 13.9. The smallest absolute Gasteiger partial charge is 0.0547 e. The van der Waals surface area contributed by atoms with Gasteiger partial charge in [0.25, 0.3) is 0 Å². The van der Waals surface area contributed by atoms with E-state index in [0.717, 1.165) is 5.69 Å². The fraction of sp³-hybridized carbons (Fsp3) is 0.0462. The second-order valence-electron chi connectivity index (χ2n) is 18.7. The van der Waals surface area contributed by atoms with Crippen molar-refractivity contribution in [3.63, 3.8) is 0 Å². The van der Waals surface area contributed by atoms with E-state index < -0.39 is 0 Å². The van der Waals surface area contributed by atoms with Gasteiger partial charge in [-0.25, -0.2) is 0 Å². The monoisotopic (exact) mass is 837 g/mol. The third-order valence-electron chi connectivity index (χ3n) is 15.0. The molecule has 0 atom stereocenters. The van der Waals surface area contributed by atoms with E-state index in [1.807, 2.05) is 0 Å². The van der Waals surface area contributed by atoms with Crippen molar-refractivity contribution in [3.8, 4) is 83.6 Å². The minimum Gasteiger partial charge on any atom is -0.309 e. The van der Waals surface area contributed by atoms with Gasteiger partial charge < -0.3 is 4.57 Å². The van der Waals surface area contributed by atoms with Crippen LogP contribution in [0.25, 0.3) is 127 Å². The number of para-hydroxylation sites is 1. The third-order valence-corrected chi connectivity index (χ3v) is 15.0.